The number of rotatable bonds is 8. The van der Waals surface area contributed by atoms with Crippen LogP contribution in [-0.4, -0.2) is 41.3 Å². The molecule has 0 saturated heterocycles. The third-order valence-corrected chi connectivity index (χ3v) is 9.92. The molecule has 0 saturated carbocycles. The summed E-state index contributed by atoms with van der Waals surface area (Å²) in [5.74, 6) is -9.12. The molecule has 8 rings (SSSR count). The number of nitrogens with one attached hydrogen (secondary N) is 2. The predicted octanol–water partition coefficient (Wildman–Crippen LogP) is 11.1. The number of nitrogens with zero attached hydrogens (tertiary/aromatic N) is 6. The average molecular weight is 901 g/mol. The maximum absolute atomic E-state index is 13.8. The number of anilines is 2. The van der Waals surface area contributed by atoms with Gasteiger partial charge in [-0.05, 0) is 95.7 Å². The van der Waals surface area contributed by atoms with Gasteiger partial charge in [-0.25, -0.2) is 17.6 Å². The molecule has 0 unspecified atom stereocenters. The largest absolute Gasteiger partial charge is 0.452 e. The second-order valence-corrected chi connectivity index (χ2v) is 14.1. The summed E-state index contributed by atoms with van der Waals surface area (Å²) in [5.41, 5.74) is 0.497. The summed E-state index contributed by atoms with van der Waals surface area (Å²) in [6, 6.07) is 20.2. The lowest BCUT2D eigenvalue weighted by Crippen LogP contribution is -2.15. The fourth-order valence-corrected chi connectivity index (χ4v) is 6.99. The van der Waals surface area contributed by atoms with Gasteiger partial charge < -0.3 is 10.6 Å². The van der Waals surface area contributed by atoms with E-state index in [9.17, 15) is 53.5 Å². The Morgan fingerprint density at radius 1 is 0.500 bits per heavy atom. The van der Waals surface area contributed by atoms with Gasteiger partial charge in [0.25, 0.3) is 11.8 Å². The Hall–Kier alpha value is -7.20. The summed E-state index contributed by atoms with van der Waals surface area (Å²) < 4.78 is 137. The lowest BCUT2D eigenvalue weighted by Gasteiger charge is -2.13. The van der Waals surface area contributed by atoms with E-state index in [4.69, 9.17) is 0 Å². The van der Waals surface area contributed by atoms with Gasteiger partial charge in [0.2, 0.25) is 11.6 Å². The SMILES string of the molecule is O=C(Nc1ccc(-n2c(-c3ccsc3)nnc2C(F)(F)F)cc1)c1cccc(F)c1F.O=C(Nc1ccc(-n2c(-c3ccsc3)nnc2C(F)(F)F)cc1)c1cccc(F)c1F. The van der Waals surface area contributed by atoms with E-state index in [-0.39, 0.29) is 34.4 Å². The van der Waals surface area contributed by atoms with Gasteiger partial charge in [0, 0.05) is 44.6 Å². The highest BCUT2D eigenvalue weighted by Gasteiger charge is 2.40. The van der Waals surface area contributed by atoms with E-state index in [1.54, 1.807) is 33.7 Å². The number of hydrogen-bond donors (Lipinski definition) is 2. The number of carbonyl (C=O) groups excluding carboxylic acids is 2. The van der Waals surface area contributed by atoms with Gasteiger partial charge in [-0.2, -0.15) is 49.0 Å². The standard InChI is InChI=1S/2C20H11F5N4OS/c2*21-15-3-1-2-14(16(15)22)18(30)26-12-4-6-13(7-5-12)29-17(11-8-9-31-10-11)27-28-19(29)20(23,24)25/h2*1-10H,(H,26,30). The van der Waals surface area contributed by atoms with E-state index in [0.29, 0.717) is 11.1 Å². The summed E-state index contributed by atoms with van der Waals surface area (Å²) in [4.78, 5) is 24.4. The van der Waals surface area contributed by atoms with Crippen LogP contribution in [0.4, 0.5) is 55.3 Å². The Labute approximate surface area is 349 Å². The molecule has 0 radical (unpaired) electrons. The molecule has 0 aliphatic heterocycles. The molecule has 0 fully saturated rings. The van der Waals surface area contributed by atoms with Crippen molar-refractivity contribution in [2.24, 2.45) is 0 Å². The topological polar surface area (TPSA) is 120 Å². The summed E-state index contributed by atoms with van der Waals surface area (Å²) in [6.07, 6.45) is -9.49. The lowest BCUT2D eigenvalue weighted by atomic mass is 10.2. The third kappa shape index (κ3) is 9.10. The van der Waals surface area contributed by atoms with Crippen LogP contribution in [0.25, 0.3) is 34.2 Å². The van der Waals surface area contributed by atoms with Crippen molar-refractivity contribution in [1.82, 2.24) is 29.5 Å². The monoisotopic (exact) mass is 900 g/mol. The lowest BCUT2D eigenvalue weighted by molar-refractivity contribution is -0.146. The van der Waals surface area contributed by atoms with Gasteiger partial charge in [0.15, 0.2) is 34.9 Å². The molecule has 22 heteroatoms. The van der Waals surface area contributed by atoms with Crippen molar-refractivity contribution in [3.05, 3.63) is 165 Å². The van der Waals surface area contributed by atoms with Crippen molar-refractivity contribution in [1.29, 1.82) is 0 Å². The van der Waals surface area contributed by atoms with Gasteiger partial charge in [-0.3, -0.25) is 18.7 Å². The number of halogens is 10. The third-order valence-electron chi connectivity index (χ3n) is 8.55. The summed E-state index contributed by atoms with van der Waals surface area (Å²) in [7, 11) is 0. The smallest absolute Gasteiger partial charge is 0.322 e. The van der Waals surface area contributed by atoms with E-state index in [1.807, 2.05) is 0 Å². The molecule has 4 aromatic carbocycles. The van der Waals surface area contributed by atoms with E-state index >= 15 is 0 Å². The van der Waals surface area contributed by atoms with Gasteiger partial charge >= 0.3 is 12.4 Å². The van der Waals surface area contributed by atoms with E-state index in [1.165, 1.54) is 83.3 Å². The average Bonchev–Trinajstić information content (AvgIpc) is 4.07. The Morgan fingerprint density at radius 3 is 1.19 bits per heavy atom. The zero-order valence-electron chi connectivity index (χ0n) is 30.6. The van der Waals surface area contributed by atoms with Crippen LogP contribution in [0.2, 0.25) is 0 Å². The molecule has 0 aliphatic rings. The highest BCUT2D eigenvalue weighted by Crippen LogP contribution is 2.36. The normalized spacial score (nSPS) is 11.5. The molecule has 0 bridgehead atoms. The molecule has 2 N–H and O–H groups in total. The number of alkyl halides is 6. The van der Waals surface area contributed by atoms with Crippen LogP contribution in [0.5, 0.6) is 0 Å². The van der Waals surface area contributed by atoms with Gasteiger partial charge in [-0.1, -0.05) is 12.1 Å². The first-order valence-electron chi connectivity index (χ1n) is 17.3. The second-order valence-electron chi connectivity index (χ2n) is 12.6. The molecule has 0 atom stereocenters. The highest BCUT2D eigenvalue weighted by atomic mass is 32.1. The molecule has 0 spiro atoms. The second kappa shape index (κ2) is 17.4. The summed E-state index contributed by atoms with van der Waals surface area (Å²) in [6.45, 7) is 0. The summed E-state index contributed by atoms with van der Waals surface area (Å²) >= 11 is 2.59. The van der Waals surface area contributed by atoms with Crippen LogP contribution in [0.15, 0.2) is 119 Å². The number of amides is 2. The van der Waals surface area contributed by atoms with Gasteiger partial charge in [0.05, 0.1) is 11.1 Å². The molecule has 316 valence electrons. The van der Waals surface area contributed by atoms with E-state index < -0.39 is 70.2 Å². The molecule has 4 aromatic heterocycles. The van der Waals surface area contributed by atoms with Crippen molar-refractivity contribution >= 4 is 45.9 Å². The summed E-state index contributed by atoms with van der Waals surface area (Å²) in [5, 5.41) is 25.4. The maximum atomic E-state index is 13.8. The minimum Gasteiger partial charge on any atom is -0.322 e. The van der Waals surface area contributed by atoms with Crippen LogP contribution < -0.4 is 10.6 Å². The fourth-order valence-electron chi connectivity index (χ4n) is 5.72. The molecule has 10 nitrogen and oxygen atoms in total. The van der Waals surface area contributed by atoms with Gasteiger partial charge in [-0.15, -0.1) is 20.4 Å². The molecule has 2 amide bonds. The number of carbonyl (C=O) groups is 2. The van der Waals surface area contributed by atoms with Crippen LogP contribution in [-0.2, 0) is 12.4 Å². The maximum Gasteiger partial charge on any atom is 0.452 e. The number of thiophene rings is 2. The predicted molar refractivity (Wildman–Crippen MR) is 208 cm³/mol. The molecule has 4 heterocycles. The minimum absolute atomic E-state index is 0.00666. The first-order chi connectivity index (χ1) is 29.5. The van der Waals surface area contributed by atoms with Crippen LogP contribution in [0.3, 0.4) is 0 Å². The quantitative estimate of drug-likeness (QED) is 0.147. The first kappa shape index (κ1) is 42.9. The Balaban J connectivity index is 0.000000186. The van der Waals surface area contributed by atoms with Crippen molar-refractivity contribution < 1.29 is 53.5 Å². The molecule has 8 aromatic rings. The number of aromatic nitrogens is 6. The van der Waals surface area contributed by atoms with Crippen LogP contribution in [0, 0.1) is 23.3 Å². The number of benzene rings is 4. The van der Waals surface area contributed by atoms with E-state index in [2.05, 4.69) is 31.0 Å². The fraction of sp³-hybridized carbons (Fsp3) is 0.0500. The molecule has 62 heavy (non-hydrogen) atoms. The minimum atomic E-state index is -4.75. The van der Waals surface area contributed by atoms with Crippen LogP contribution in [0.1, 0.15) is 32.4 Å². The Bertz CT molecular complexity index is 2660. The zero-order chi connectivity index (χ0) is 44.3. The zero-order valence-corrected chi connectivity index (χ0v) is 32.3. The van der Waals surface area contributed by atoms with Crippen LogP contribution >= 0.6 is 22.7 Å². The number of hydrogen-bond acceptors (Lipinski definition) is 8. The first-order valence-corrected chi connectivity index (χ1v) is 19.2. The highest BCUT2D eigenvalue weighted by molar-refractivity contribution is 7.08. The van der Waals surface area contributed by atoms with Crippen molar-refractivity contribution in [2.75, 3.05) is 10.6 Å². The van der Waals surface area contributed by atoms with Gasteiger partial charge in [0.1, 0.15) is 0 Å². The molecule has 0 aliphatic carbocycles. The molecular formula is C40H22F10N8O2S2. The van der Waals surface area contributed by atoms with Crippen molar-refractivity contribution in [2.45, 2.75) is 12.4 Å². The van der Waals surface area contributed by atoms with E-state index in [0.717, 1.165) is 33.4 Å². The van der Waals surface area contributed by atoms with Crippen molar-refractivity contribution in [3.63, 3.8) is 0 Å². The Morgan fingerprint density at radius 2 is 0.871 bits per heavy atom. The Kier molecular flexibility index (Phi) is 12.1. The molecular weight excluding hydrogens is 879 g/mol. The van der Waals surface area contributed by atoms with Crippen molar-refractivity contribution in [3.8, 4) is 34.2 Å².